The van der Waals surface area contributed by atoms with E-state index in [2.05, 4.69) is 10.2 Å². The lowest BCUT2D eigenvalue weighted by Crippen LogP contribution is -2.54. The van der Waals surface area contributed by atoms with Gasteiger partial charge in [0.15, 0.2) is 0 Å². The van der Waals surface area contributed by atoms with Gasteiger partial charge in [-0.05, 0) is 63.2 Å². The van der Waals surface area contributed by atoms with Crippen LogP contribution in [-0.4, -0.2) is 67.0 Å². The van der Waals surface area contributed by atoms with E-state index in [1.165, 1.54) is 19.3 Å². The molecule has 0 aliphatic carbocycles. The quantitative estimate of drug-likeness (QED) is 0.809. The molecule has 1 N–H and O–H groups in total. The molecule has 4 rings (SSSR count). The van der Waals surface area contributed by atoms with Gasteiger partial charge in [0.25, 0.3) is 5.91 Å². The average Bonchev–Trinajstić information content (AvgIpc) is 2.77. The van der Waals surface area contributed by atoms with Crippen molar-refractivity contribution in [2.75, 3.05) is 39.3 Å². The predicted molar refractivity (Wildman–Crippen MR) is 117 cm³/mol. The zero-order valence-electron chi connectivity index (χ0n) is 18.0. The maximum Gasteiger partial charge on any atom is 0.255 e. The molecule has 0 radical (unpaired) electrons. The van der Waals surface area contributed by atoms with E-state index in [4.69, 9.17) is 4.74 Å². The summed E-state index contributed by atoms with van der Waals surface area (Å²) in [4.78, 5) is 30.3. The van der Waals surface area contributed by atoms with Gasteiger partial charge in [-0.2, -0.15) is 0 Å². The van der Waals surface area contributed by atoms with Crippen molar-refractivity contribution in [1.82, 2.24) is 15.1 Å². The van der Waals surface area contributed by atoms with Gasteiger partial charge in [-0.3, -0.25) is 14.5 Å². The van der Waals surface area contributed by atoms with Gasteiger partial charge in [0.05, 0.1) is 18.7 Å². The number of amides is 2. The molecule has 0 spiro atoms. The molecule has 2 atom stereocenters. The highest BCUT2D eigenvalue weighted by atomic mass is 16.5. The van der Waals surface area contributed by atoms with Gasteiger partial charge in [-0.25, -0.2) is 0 Å². The lowest BCUT2D eigenvalue weighted by molar-refractivity contribution is -0.134. The number of carbonyl (C=O) groups excluding carboxylic acids is 2. The first kappa shape index (κ1) is 21.2. The first-order valence-corrected chi connectivity index (χ1v) is 11.7. The Bertz CT molecular complexity index is 732. The van der Waals surface area contributed by atoms with E-state index >= 15 is 0 Å². The van der Waals surface area contributed by atoms with Crippen LogP contribution in [0, 0.1) is 5.92 Å². The number of ether oxygens (including phenoxy) is 1. The minimum atomic E-state index is -0.0609. The van der Waals surface area contributed by atoms with Crippen molar-refractivity contribution in [3.8, 4) is 5.75 Å². The molecule has 0 bridgehead atoms. The van der Waals surface area contributed by atoms with Crippen molar-refractivity contribution in [3.05, 3.63) is 29.8 Å². The van der Waals surface area contributed by atoms with Crippen LogP contribution >= 0.6 is 0 Å². The molecule has 6 nitrogen and oxygen atoms in total. The van der Waals surface area contributed by atoms with E-state index in [0.717, 1.165) is 58.3 Å². The van der Waals surface area contributed by atoms with E-state index in [9.17, 15) is 9.59 Å². The summed E-state index contributed by atoms with van der Waals surface area (Å²) in [6.07, 6.45) is 8.77. The number of nitrogens with zero attached hydrogens (tertiary/aromatic N) is 2. The van der Waals surface area contributed by atoms with Crippen LogP contribution in [0.25, 0.3) is 0 Å². The second kappa shape index (κ2) is 10.3. The van der Waals surface area contributed by atoms with Crippen LogP contribution in [0.15, 0.2) is 24.3 Å². The van der Waals surface area contributed by atoms with Crippen LogP contribution in [-0.2, 0) is 4.79 Å². The predicted octanol–water partition coefficient (Wildman–Crippen LogP) is 3.07. The Balaban J connectivity index is 1.41. The van der Waals surface area contributed by atoms with Crippen molar-refractivity contribution in [1.29, 1.82) is 0 Å². The Kier molecular flexibility index (Phi) is 7.26. The molecule has 2 fully saturated rings. The number of nitrogens with one attached hydrogen (secondary N) is 1. The summed E-state index contributed by atoms with van der Waals surface area (Å²) in [6.45, 7) is 4.77. The number of carbonyl (C=O) groups is 2. The molecule has 6 heteroatoms. The van der Waals surface area contributed by atoms with E-state index in [0.29, 0.717) is 30.4 Å². The summed E-state index contributed by atoms with van der Waals surface area (Å²) >= 11 is 0. The number of fused-ring (bicyclic) bond motifs is 2. The number of hydrogen-bond donors (Lipinski definition) is 1. The van der Waals surface area contributed by atoms with Crippen molar-refractivity contribution in [3.63, 3.8) is 0 Å². The third kappa shape index (κ3) is 5.34. The third-order valence-corrected chi connectivity index (χ3v) is 6.82. The highest BCUT2D eigenvalue weighted by molar-refractivity contribution is 5.97. The summed E-state index contributed by atoms with van der Waals surface area (Å²) < 4.78 is 5.87. The largest absolute Gasteiger partial charge is 0.493 e. The lowest BCUT2D eigenvalue weighted by atomic mass is 9.87. The zero-order valence-corrected chi connectivity index (χ0v) is 18.0. The van der Waals surface area contributed by atoms with Gasteiger partial charge in [-0.15, -0.1) is 0 Å². The van der Waals surface area contributed by atoms with Crippen molar-refractivity contribution >= 4 is 11.8 Å². The van der Waals surface area contributed by atoms with Crippen LogP contribution < -0.4 is 10.1 Å². The van der Waals surface area contributed by atoms with Crippen molar-refractivity contribution in [2.24, 2.45) is 5.92 Å². The summed E-state index contributed by atoms with van der Waals surface area (Å²) in [5, 5.41) is 3.27. The molecule has 0 unspecified atom stereocenters. The van der Waals surface area contributed by atoms with E-state index in [1.807, 2.05) is 29.2 Å². The molecule has 2 saturated heterocycles. The molecular weight excluding hydrogens is 378 g/mol. The van der Waals surface area contributed by atoms with Gasteiger partial charge in [0, 0.05) is 19.1 Å². The Morgan fingerprint density at radius 1 is 1.00 bits per heavy atom. The molecular formula is C24H35N3O3. The Labute approximate surface area is 179 Å². The molecule has 0 saturated carbocycles. The number of piperidine rings is 2. The van der Waals surface area contributed by atoms with Crippen LogP contribution in [0.3, 0.4) is 0 Å². The van der Waals surface area contributed by atoms with Gasteiger partial charge >= 0.3 is 0 Å². The SMILES string of the molecule is O=C1N[C@@H]2CCN(C(=O)CN3CCCCC3)C[C@@H]2CCCCCOc2ccccc21. The number of para-hydroxylation sites is 1. The maximum absolute atomic E-state index is 13.0. The van der Waals surface area contributed by atoms with Crippen LogP contribution in [0.4, 0.5) is 0 Å². The first-order chi connectivity index (χ1) is 14.7. The number of benzene rings is 1. The van der Waals surface area contributed by atoms with Gasteiger partial charge in [0.2, 0.25) is 5.91 Å². The second-order valence-corrected chi connectivity index (χ2v) is 9.00. The monoisotopic (exact) mass is 413 g/mol. The van der Waals surface area contributed by atoms with Gasteiger partial charge in [0.1, 0.15) is 5.75 Å². The topological polar surface area (TPSA) is 61.9 Å². The summed E-state index contributed by atoms with van der Waals surface area (Å²) in [5.74, 6) is 1.18. The molecule has 164 valence electrons. The second-order valence-electron chi connectivity index (χ2n) is 9.00. The zero-order chi connectivity index (χ0) is 20.8. The molecule has 1 aromatic carbocycles. The van der Waals surface area contributed by atoms with Crippen LogP contribution in [0.5, 0.6) is 5.75 Å². The Morgan fingerprint density at radius 3 is 2.67 bits per heavy atom. The number of hydrogen-bond acceptors (Lipinski definition) is 4. The molecule has 30 heavy (non-hydrogen) atoms. The highest BCUT2D eigenvalue weighted by Gasteiger charge is 2.33. The van der Waals surface area contributed by atoms with E-state index < -0.39 is 0 Å². The fourth-order valence-electron chi connectivity index (χ4n) is 5.04. The minimum Gasteiger partial charge on any atom is -0.493 e. The summed E-state index contributed by atoms with van der Waals surface area (Å²) in [5.41, 5.74) is 0.612. The Hall–Kier alpha value is -2.08. The third-order valence-electron chi connectivity index (χ3n) is 6.82. The van der Waals surface area contributed by atoms with E-state index in [-0.39, 0.29) is 17.9 Å². The first-order valence-electron chi connectivity index (χ1n) is 11.7. The molecule has 3 heterocycles. The number of likely N-dealkylation sites (tertiary alicyclic amines) is 2. The summed E-state index contributed by atoms with van der Waals surface area (Å²) in [6, 6.07) is 7.62. The lowest BCUT2D eigenvalue weighted by Gasteiger charge is -2.40. The standard InChI is InChI=1S/C24H35N3O3/c28-23(18-26-13-6-2-7-14-26)27-15-12-21-19(17-27)9-3-1-8-16-30-22-11-5-4-10-20(22)24(29)25-21/h4-5,10-11,19,21H,1-3,6-9,12-18H2,(H,25,29)/t19-,21+/m0/s1. The molecule has 3 aliphatic rings. The van der Waals surface area contributed by atoms with Gasteiger partial charge in [-0.1, -0.05) is 31.4 Å². The number of rotatable bonds is 2. The van der Waals surface area contributed by atoms with Crippen LogP contribution in [0.2, 0.25) is 0 Å². The normalized spacial score (nSPS) is 26.3. The fourth-order valence-corrected chi connectivity index (χ4v) is 5.04. The fraction of sp³-hybridized carbons (Fsp3) is 0.667. The smallest absolute Gasteiger partial charge is 0.255 e. The molecule has 1 aromatic rings. The maximum atomic E-state index is 13.0. The molecule has 3 aliphatic heterocycles. The van der Waals surface area contributed by atoms with Gasteiger partial charge < -0.3 is 15.0 Å². The summed E-state index contributed by atoms with van der Waals surface area (Å²) in [7, 11) is 0. The van der Waals surface area contributed by atoms with Crippen molar-refractivity contribution < 1.29 is 14.3 Å². The highest BCUT2D eigenvalue weighted by Crippen LogP contribution is 2.26. The minimum absolute atomic E-state index is 0.0609. The van der Waals surface area contributed by atoms with E-state index in [1.54, 1.807) is 0 Å². The van der Waals surface area contributed by atoms with Crippen LogP contribution in [0.1, 0.15) is 61.7 Å². The Morgan fingerprint density at radius 2 is 1.80 bits per heavy atom. The van der Waals surface area contributed by atoms with Crippen molar-refractivity contribution in [2.45, 2.75) is 57.4 Å². The molecule has 0 aromatic heterocycles. The molecule has 2 amide bonds. The average molecular weight is 414 g/mol.